The molecule has 2 aliphatic heterocycles. The van der Waals surface area contributed by atoms with Crippen LogP contribution in [-0.2, 0) is 9.47 Å². The van der Waals surface area contributed by atoms with E-state index in [-0.39, 0.29) is 24.2 Å². The number of aliphatic hydroxyl groups excluding tert-OH is 5. The molecule has 0 bridgehead atoms. The Morgan fingerprint density at radius 1 is 0.727 bits per heavy atom. The molecule has 44 heavy (non-hydrogen) atoms. The highest BCUT2D eigenvalue weighted by Crippen LogP contribution is 2.28. The molecule has 0 aliphatic carbocycles. The first kappa shape index (κ1) is 34.3. The van der Waals surface area contributed by atoms with E-state index in [1.807, 2.05) is 0 Å². The van der Waals surface area contributed by atoms with Gasteiger partial charge in [-0.25, -0.2) is 14.4 Å². The van der Waals surface area contributed by atoms with Crippen LogP contribution in [0.2, 0.25) is 0 Å². The van der Waals surface area contributed by atoms with E-state index in [2.05, 4.69) is 19.9 Å². The molecular formula is C25H34N6O13. The highest BCUT2D eigenvalue weighted by atomic mass is 16.6. The first-order valence-corrected chi connectivity index (χ1v) is 13.2. The van der Waals surface area contributed by atoms with Gasteiger partial charge >= 0.3 is 17.1 Å². The maximum atomic E-state index is 11.6. The first-order chi connectivity index (χ1) is 20.7. The van der Waals surface area contributed by atoms with Crippen LogP contribution in [0.15, 0.2) is 47.4 Å². The predicted octanol–water partition coefficient (Wildman–Crippen LogP) is -4.69. The molecule has 5 rings (SSSR count). The van der Waals surface area contributed by atoms with Gasteiger partial charge in [0.2, 0.25) is 0 Å². The second-order valence-electron chi connectivity index (χ2n) is 10.1. The van der Waals surface area contributed by atoms with Crippen LogP contribution in [0.5, 0.6) is 0 Å². The Kier molecular flexibility index (Phi) is 11.3. The van der Waals surface area contributed by atoms with Gasteiger partial charge in [0.25, 0.3) is 16.7 Å². The zero-order valence-corrected chi connectivity index (χ0v) is 23.8. The lowest BCUT2D eigenvalue weighted by atomic mass is 10.1. The molecule has 19 heteroatoms. The maximum Gasteiger partial charge on any atom is 0.330 e. The number of hydrogen-bond acceptors (Lipinski definition) is 13. The summed E-state index contributed by atoms with van der Waals surface area (Å²) >= 11 is 0. The summed E-state index contributed by atoms with van der Waals surface area (Å²) in [6.07, 6.45) is -2.72. The van der Waals surface area contributed by atoms with Crippen LogP contribution in [0.4, 0.5) is 0 Å². The summed E-state index contributed by atoms with van der Waals surface area (Å²) in [5.41, 5.74) is -1.94. The Morgan fingerprint density at radius 2 is 1.25 bits per heavy atom. The lowest BCUT2D eigenvalue weighted by Gasteiger charge is -2.17. The largest absolute Gasteiger partial charge is 0.394 e. The highest BCUT2D eigenvalue weighted by Gasteiger charge is 2.43. The summed E-state index contributed by atoms with van der Waals surface area (Å²) in [4.78, 5) is 75.1. The van der Waals surface area contributed by atoms with Crippen LogP contribution in [0.1, 0.15) is 35.6 Å². The fourth-order valence-corrected chi connectivity index (χ4v) is 4.21. The number of rotatable bonds is 4. The molecule has 242 valence electrons. The number of aryl methyl sites for hydroxylation is 3. The summed E-state index contributed by atoms with van der Waals surface area (Å²) in [6.45, 7) is 3.90. The number of H-pyrrole nitrogens is 4. The molecule has 7 atom stereocenters. The Labute approximate surface area is 245 Å². The van der Waals surface area contributed by atoms with E-state index in [9.17, 15) is 44.1 Å². The van der Waals surface area contributed by atoms with Crippen LogP contribution in [0.3, 0.4) is 0 Å². The van der Waals surface area contributed by atoms with Crippen LogP contribution >= 0.6 is 0 Å². The van der Waals surface area contributed by atoms with E-state index in [1.54, 1.807) is 13.8 Å². The molecular weight excluding hydrogens is 592 g/mol. The fourth-order valence-electron chi connectivity index (χ4n) is 4.21. The minimum absolute atomic E-state index is 0.205. The van der Waals surface area contributed by atoms with Gasteiger partial charge in [-0.1, -0.05) is 0 Å². The van der Waals surface area contributed by atoms with Crippen molar-refractivity contribution in [2.45, 2.75) is 70.2 Å². The fraction of sp³-hybridized carbons (Fsp3) is 0.520. The monoisotopic (exact) mass is 626 g/mol. The van der Waals surface area contributed by atoms with Gasteiger partial charge in [-0.05, 0) is 20.8 Å². The van der Waals surface area contributed by atoms with Crippen molar-refractivity contribution >= 4 is 0 Å². The third-order valence-electron chi connectivity index (χ3n) is 6.78. The van der Waals surface area contributed by atoms with Crippen LogP contribution in [0.25, 0.3) is 0 Å². The van der Waals surface area contributed by atoms with Gasteiger partial charge in [0, 0.05) is 41.7 Å². The lowest BCUT2D eigenvalue weighted by Crippen LogP contribution is -2.38. The zero-order valence-electron chi connectivity index (χ0n) is 23.8. The van der Waals surface area contributed by atoms with Crippen molar-refractivity contribution in [2.75, 3.05) is 13.2 Å². The highest BCUT2D eigenvalue weighted by molar-refractivity contribution is 5.04. The van der Waals surface area contributed by atoms with Crippen LogP contribution < -0.4 is 33.7 Å². The lowest BCUT2D eigenvalue weighted by molar-refractivity contribution is -0.0551. The molecule has 0 aromatic carbocycles. The molecule has 2 aliphatic rings. The zero-order chi connectivity index (χ0) is 32.9. The Hall–Kier alpha value is -4.24. The predicted molar refractivity (Wildman–Crippen MR) is 149 cm³/mol. The Balaban J connectivity index is 0.000000190. The van der Waals surface area contributed by atoms with E-state index in [4.69, 9.17) is 19.7 Å². The van der Waals surface area contributed by atoms with Crippen molar-refractivity contribution in [1.29, 1.82) is 0 Å². The minimum Gasteiger partial charge on any atom is -0.394 e. The minimum atomic E-state index is -1.36. The van der Waals surface area contributed by atoms with Gasteiger partial charge in [-0.2, -0.15) is 0 Å². The SMILES string of the molecule is Cc1c[nH]c(=O)[nH]c1=O.Cc1cn([C@@H]2O[C@H](CO)[C@@H](O)[C@H]2O)c(=O)[nH]c1=O.Cc1cn([C@H]2C[C@H](O)[C@@H](CO)O2)c(=O)[nH]c1=O. The molecule has 2 saturated heterocycles. The smallest absolute Gasteiger partial charge is 0.330 e. The number of ether oxygens (including phenoxy) is 2. The second kappa shape index (κ2) is 14.5. The Bertz CT molecular complexity index is 1790. The summed E-state index contributed by atoms with van der Waals surface area (Å²) in [6, 6.07) is 0. The molecule has 2 fully saturated rings. The maximum absolute atomic E-state index is 11.6. The van der Waals surface area contributed by atoms with Gasteiger partial charge in [0.05, 0.1) is 19.3 Å². The van der Waals surface area contributed by atoms with Crippen molar-refractivity contribution in [3.8, 4) is 0 Å². The molecule has 0 spiro atoms. The Morgan fingerprint density at radius 3 is 1.73 bits per heavy atom. The summed E-state index contributed by atoms with van der Waals surface area (Å²) in [5.74, 6) is 0. The third kappa shape index (κ3) is 7.82. The van der Waals surface area contributed by atoms with E-state index in [0.717, 1.165) is 4.57 Å². The summed E-state index contributed by atoms with van der Waals surface area (Å²) in [7, 11) is 0. The van der Waals surface area contributed by atoms with Crippen molar-refractivity contribution in [3.05, 3.63) is 97.8 Å². The molecule has 9 N–H and O–H groups in total. The molecule has 0 unspecified atom stereocenters. The third-order valence-corrected chi connectivity index (χ3v) is 6.78. The quantitative estimate of drug-likeness (QED) is 0.132. The summed E-state index contributed by atoms with van der Waals surface area (Å²) in [5, 5.41) is 46.8. The second-order valence-corrected chi connectivity index (χ2v) is 10.1. The van der Waals surface area contributed by atoms with Crippen molar-refractivity contribution in [2.24, 2.45) is 0 Å². The molecule has 5 heterocycles. The molecule has 0 saturated carbocycles. The first-order valence-electron chi connectivity index (χ1n) is 13.2. The van der Waals surface area contributed by atoms with Crippen molar-refractivity contribution in [3.63, 3.8) is 0 Å². The molecule has 3 aromatic rings. The van der Waals surface area contributed by atoms with Crippen molar-refractivity contribution < 1.29 is 35.0 Å². The van der Waals surface area contributed by atoms with E-state index in [0.29, 0.717) is 11.1 Å². The van der Waals surface area contributed by atoms with Crippen LogP contribution in [-0.4, -0.2) is 98.3 Å². The van der Waals surface area contributed by atoms with E-state index >= 15 is 0 Å². The van der Waals surface area contributed by atoms with Gasteiger partial charge in [-0.15, -0.1) is 0 Å². The van der Waals surface area contributed by atoms with Crippen molar-refractivity contribution in [1.82, 2.24) is 29.1 Å². The van der Waals surface area contributed by atoms with E-state index < -0.39 is 77.8 Å². The number of hydrogen-bond donors (Lipinski definition) is 9. The summed E-state index contributed by atoms with van der Waals surface area (Å²) < 4.78 is 12.7. The van der Waals surface area contributed by atoms with E-state index in [1.165, 1.54) is 30.1 Å². The molecule has 0 amide bonds. The van der Waals surface area contributed by atoms with Crippen LogP contribution in [0, 0.1) is 20.8 Å². The molecule has 19 nitrogen and oxygen atoms in total. The topological polar surface area (TPSA) is 295 Å². The number of aromatic amines is 4. The normalized spacial score (nSPS) is 26.0. The standard InChI is InChI=1S/C10H14N2O6.C10H14N2O5.C5H6N2O2/c1-4-2-12(10(17)11-8(4)16)9-7(15)6(14)5(3-13)18-9;1-5-3-12(10(16)11-9(5)15)8-2-6(14)7(4-13)17-8;1-3-2-6-5(9)7-4(3)8/h2,5-7,9,13-15H,3H2,1H3,(H,11,16,17);3,6-8,13-14H,2,4H2,1H3,(H,11,15,16);2H,1H3,(H2,6,7,8,9)/t5-,6-,7-,9-;6-,7+,8+;/m10./s1. The van der Waals surface area contributed by atoms with Gasteiger partial charge in [0.15, 0.2) is 6.23 Å². The number of aromatic nitrogens is 6. The van der Waals surface area contributed by atoms with Gasteiger partial charge in [-0.3, -0.25) is 38.5 Å². The van der Waals surface area contributed by atoms with Gasteiger partial charge in [0.1, 0.15) is 30.6 Å². The average molecular weight is 627 g/mol. The average Bonchev–Trinajstić information content (AvgIpc) is 3.49. The number of aliphatic hydroxyl groups is 5. The van der Waals surface area contributed by atoms with Gasteiger partial charge < -0.3 is 40.0 Å². The molecule has 3 aromatic heterocycles. The molecule has 0 radical (unpaired) electrons. The number of nitrogens with one attached hydrogen (secondary N) is 4. The number of nitrogens with zero attached hydrogens (tertiary/aromatic N) is 2.